The number of hydrogen-bond donors (Lipinski definition) is 1. The van der Waals surface area contributed by atoms with Crippen LogP contribution in [0.4, 0.5) is 0 Å². The van der Waals surface area contributed by atoms with E-state index in [1.807, 2.05) is 13.0 Å². The van der Waals surface area contributed by atoms with Crippen LogP contribution in [0.2, 0.25) is 0 Å². The summed E-state index contributed by atoms with van der Waals surface area (Å²) in [6.45, 7) is 1.83. The Morgan fingerprint density at radius 1 is 0.939 bits per heavy atom. The lowest BCUT2D eigenvalue weighted by Crippen LogP contribution is -2.37. The van der Waals surface area contributed by atoms with Crippen LogP contribution in [0.25, 0.3) is 5.76 Å². The number of methoxy groups -OCH3 is 3. The molecule has 4 rings (SSSR count). The van der Waals surface area contributed by atoms with E-state index in [9.17, 15) is 14.7 Å². The Morgan fingerprint density at radius 2 is 1.64 bits per heavy atom. The van der Waals surface area contributed by atoms with Gasteiger partial charge in [-0.3, -0.25) is 9.59 Å². The number of hydrogen-bond acceptors (Lipinski definition) is 6. The van der Waals surface area contributed by atoms with Crippen LogP contribution in [0.1, 0.15) is 48.4 Å². The number of aliphatic hydroxyl groups excluding tert-OH is 1. The predicted octanol–water partition coefficient (Wildman–Crippen LogP) is 4.39. The highest BCUT2D eigenvalue weighted by atomic mass is 16.5. The minimum absolute atomic E-state index is 0.0539. The van der Waals surface area contributed by atoms with Crippen molar-refractivity contribution in [1.82, 2.24) is 4.90 Å². The molecule has 1 N–H and O–H groups in total. The Labute approximate surface area is 193 Å². The predicted molar refractivity (Wildman–Crippen MR) is 124 cm³/mol. The molecule has 0 bridgehead atoms. The molecule has 1 saturated heterocycles. The second kappa shape index (κ2) is 9.17. The first-order valence-corrected chi connectivity index (χ1v) is 11.1. The molecular weight excluding hydrogens is 422 g/mol. The van der Waals surface area contributed by atoms with E-state index in [-0.39, 0.29) is 17.4 Å². The molecule has 33 heavy (non-hydrogen) atoms. The van der Waals surface area contributed by atoms with E-state index in [2.05, 4.69) is 0 Å². The first-order valence-electron chi connectivity index (χ1n) is 11.1. The molecule has 1 unspecified atom stereocenters. The molecular formula is C26H29NO6. The molecule has 1 saturated carbocycles. The second-order valence-corrected chi connectivity index (χ2v) is 8.44. The minimum Gasteiger partial charge on any atom is -0.507 e. The van der Waals surface area contributed by atoms with Gasteiger partial charge in [-0.25, -0.2) is 0 Å². The van der Waals surface area contributed by atoms with E-state index < -0.39 is 17.7 Å². The number of nitrogens with zero attached hydrogens (tertiary/aromatic N) is 1. The first kappa shape index (κ1) is 22.7. The quantitative estimate of drug-likeness (QED) is 0.398. The average molecular weight is 452 g/mol. The maximum atomic E-state index is 13.3. The van der Waals surface area contributed by atoms with Gasteiger partial charge in [0.25, 0.3) is 11.7 Å². The fraction of sp³-hybridized carbons (Fsp3) is 0.385. The molecule has 2 aliphatic rings. The van der Waals surface area contributed by atoms with Gasteiger partial charge in [0.15, 0.2) is 11.5 Å². The molecule has 1 amide bonds. The van der Waals surface area contributed by atoms with Crippen molar-refractivity contribution in [3.63, 3.8) is 0 Å². The van der Waals surface area contributed by atoms with Crippen LogP contribution in [0.15, 0.2) is 42.0 Å². The molecule has 2 aromatic rings. The van der Waals surface area contributed by atoms with E-state index in [1.165, 1.54) is 7.11 Å². The van der Waals surface area contributed by atoms with Crippen molar-refractivity contribution in [2.75, 3.05) is 21.3 Å². The lowest BCUT2D eigenvalue weighted by Gasteiger charge is -2.31. The number of aliphatic hydroxyl groups is 1. The zero-order valence-corrected chi connectivity index (χ0v) is 19.4. The van der Waals surface area contributed by atoms with Crippen LogP contribution < -0.4 is 14.2 Å². The van der Waals surface area contributed by atoms with Crippen molar-refractivity contribution in [3.8, 4) is 17.2 Å². The number of benzene rings is 2. The third kappa shape index (κ3) is 3.92. The fourth-order valence-corrected chi connectivity index (χ4v) is 4.93. The number of carbonyl (C=O) groups is 2. The zero-order chi connectivity index (χ0) is 23.7. The molecule has 1 aliphatic heterocycles. The van der Waals surface area contributed by atoms with Crippen molar-refractivity contribution in [2.45, 2.75) is 44.7 Å². The molecule has 0 spiro atoms. The molecule has 7 nitrogen and oxygen atoms in total. The minimum atomic E-state index is -0.714. The number of rotatable bonds is 6. The summed E-state index contributed by atoms with van der Waals surface area (Å²) in [5.41, 5.74) is 2.01. The van der Waals surface area contributed by atoms with Crippen molar-refractivity contribution in [3.05, 3.63) is 58.7 Å². The number of ketones is 1. The van der Waals surface area contributed by atoms with Gasteiger partial charge in [-0.15, -0.1) is 0 Å². The first-order chi connectivity index (χ1) is 15.9. The third-order valence-corrected chi connectivity index (χ3v) is 6.61. The van der Waals surface area contributed by atoms with Gasteiger partial charge >= 0.3 is 0 Å². The van der Waals surface area contributed by atoms with Crippen molar-refractivity contribution in [2.24, 2.45) is 0 Å². The Bertz CT molecular complexity index is 1120. The Kier molecular flexibility index (Phi) is 6.31. The fourth-order valence-electron chi connectivity index (χ4n) is 4.93. The number of likely N-dealkylation sites (tertiary alicyclic amines) is 1. The second-order valence-electron chi connectivity index (χ2n) is 8.44. The highest BCUT2D eigenvalue weighted by Crippen LogP contribution is 2.45. The summed E-state index contributed by atoms with van der Waals surface area (Å²) in [7, 11) is 4.66. The number of amides is 1. The van der Waals surface area contributed by atoms with Crippen LogP contribution in [-0.2, 0) is 9.59 Å². The van der Waals surface area contributed by atoms with Crippen molar-refractivity contribution < 1.29 is 28.9 Å². The summed E-state index contributed by atoms with van der Waals surface area (Å²) in [5.74, 6) is 0.252. The highest BCUT2D eigenvalue weighted by Gasteiger charge is 2.49. The van der Waals surface area contributed by atoms with Gasteiger partial charge in [0.2, 0.25) is 0 Å². The van der Waals surface area contributed by atoms with E-state index >= 15 is 0 Å². The van der Waals surface area contributed by atoms with Crippen molar-refractivity contribution >= 4 is 17.4 Å². The lowest BCUT2D eigenvalue weighted by atomic mass is 9.93. The highest BCUT2D eigenvalue weighted by molar-refractivity contribution is 6.46. The molecule has 1 heterocycles. The van der Waals surface area contributed by atoms with Gasteiger partial charge in [0.1, 0.15) is 11.5 Å². The van der Waals surface area contributed by atoms with Gasteiger partial charge in [-0.05, 0) is 61.2 Å². The van der Waals surface area contributed by atoms with E-state index in [4.69, 9.17) is 14.2 Å². The largest absolute Gasteiger partial charge is 0.507 e. The maximum Gasteiger partial charge on any atom is 0.295 e. The lowest BCUT2D eigenvalue weighted by molar-refractivity contribution is -0.141. The van der Waals surface area contributed by atoms with Gasteiger partial charge in [0, 0.05) is 11.6 Å². The Morgan fingerprint density at radius 3 is 2.24 bits per heavy atom. The molecule has 2 fully saturated rings. The monoisotopic (exact) mass is 451 g/mol. The summed E-state index contributed by atoms with van der Waals surface area (Å²) in [5, 5.41) is 11.4. The molecule has 0 aromatic heterocycles. The smallest absolute Gasteiger partial charge is 0.295 e. The molecule has 0 radical (unpaired) electrons. The number of Topliss-reactive ketones (excluding diaryl/α,β-unsaturated/α-hetero) is 1. The van der Waals surface area contributed by atoms with Crippen molar-refractivity contribution in [1.29, 1.82) is 0 Å². The number of carbonyl (C=O) groups excluding carboxylic acids is 2. The number of ether oxygens (including phenoxy) is 3. The van der Waals surface area contributed by atoms with E-state index in [0.717, 1.165) is 31.2 Å². The SMILES string of the molecule is COc1ccc(/C(O)=C2\C(=O)C(=O)N(C3CCCC3)C2c2ccc(OC)c(OC)c2)c(C)c1. The van der Waals surface area contributed by atoms with Gasteiger partial charge in [-0.2, -0.15) is 0 Å². The summed E-state index contributed by atoms with van der Waals surface area (Å²) in [6.07, 6.45) is 3.67. The van der Waals surface area contributed by atoms with Crippen LogP contribution in [-0.4, -0.2) is 49.1 Å². The Balaban J connectivity index is 1.91. The standard InChI is InChI=1S/C26H29NO6/c1-15-13-18(31-2)10-11-19(15)24(28)22-23(16-9-12-20(32-3)21(14-16)33-4)27(26(30)25(22)29)17-7-5-6-8-17/h9-14,17,23,28H,5-8H2,1-4H3/b24-22+. The molecule has 174 valence electrons. The van der Waals surface area contributed by atoms with Gasteiger partial charge < -0.3 is 24.2 Å². The molecule has 2 aromatic carbocycles. The molecule has 1 atom stereocenters. The molecule has 7 heteroatoms. The summed E-state index contributed by atoms with van der Waals surface area (Å²) >= 11 is 0. The average Bonchev–Trinajstić information content (AvgIpc) is 3.44. The zero-order valence-electron chi connectivity index (χ0n) is 19.4. The topological polar surface area (TPSA) is 85.3 Å². The van der Waals surface area contributed by atoms with Crippen LogP contribution >= 0.6 is 0 Å². The Hall–Kier alpha value is -3.48. The summed E-state index contributed by atoms with van der Waals surface area (Å²) in [4.78, 5) is 28.2. The van der Waals surface area contributed by atoms with Gasteiger partial charge in [0.05, 0.1) is 32.9 Å². The van der Waals surface area contributed by atoms with E-state index in [1.54, 1.807) is 49.5 Å². The summed E-state index contributed by atoms with van der Waals surface area (Å²) < 4.78 is 16.1. The van der Waals surface area contributed by atoms with Gasteiger partial charge in [-0.1, -0.05) is 18.9 Å². The third-order valence-electron chi connectivity index (χ3n) is 6.61. The number of aryl methyl sites for hydroxylation is 1. The van der Waals surface area contributed by atoms with Crippen LogP contribution in [0.3, 0.4) is 0 Å². The normalized spacial score (nSPS) is 20.4. The van der Waals surface area contributed by atoms with Crippen LogP contribution in [0, 0.1) is 6.92 Å². The van der Waals surface area contributed by atoms with Crippen LogP contribution in [0.5, 0.6) is 17.2 Å². The maximum absolute atomic E-state index is 13.3. The molecule has 1 aliphatic carbocycles. The van der Waals surface area contributed by atoms with E-state index in [0.29, 0.717) is 28.4 Å². The summed E-state index contributed by atoms with van der Waals surface area (Å²) in [6, 6.07) is 9.78.